The first-order valence-corrected chi connectivity index (χ1v) is 7.37. The zero-order valence-corrected chi connectivity index (χ0v) is 12.0. The summed E-state index contributed by atoms with van der Waals surface area (Å²) in [6.07, 6.45) is 1.95. The molecule has 1 heterocycles. The Bertz CT molecular complexity index is 467. The fourth-order valence-corrected chi connectivity index (χ4v) is 3.30. The third-order valence-electron chi connectivity index (χ3n) is 3.82. The second-order valence-corrected chi connectivity index (χ2v) is 6.57. The summed E-state index contributed by atoms with van der Waals surface area (Å²) in [6, 6.07) is 3.89. The second kappa shape index (κ2) is 5.33. The Morgan fingerprint density at radius 3 is 2.68 bits per heavy atom. The molecule has 1 amide bonds. The van der Waals surface area contributed by atoms with Gasteiger partial charge in [0, 0.05) is 10.9 Å². The van der Waals surface area contributed by atoms with E-state index in [9.17, 15) is 9.59 Å². The van der Waals surface area contributed by atoms with Crippen molar-refractivity contribution in [2.75, 3.05) is 0 Å². The fourth-order valence-electron chi connectivity index (χ4n) is 2.45. The van der Waals surface area contributed by atoms with E-state index in [0.717, 1.165) is 11.3 Å². The Hall–Kier alpha value is -1.36. The van der Waals surface area contributed by atoms with Crippen molar-refractivity contribution in [3.05, 3.63) is 22.4 Å². The summed E-state index contributed by atoms with van der Waals surface area (Å²) in [5.74, 6) is -1.09. The van der Waals surface area contributed by atoms with Gasteiger partial charge in [-0.25, -0.2) is 0 Å². The molecule has 0 saturated heterocycles. The molecule has 2 N–H and O–H groups in total. The average Bonchev–Trinajstić information content (AvgIpc) is 2.99. The maximum atomic E-state index is 12.3. The van der Waals surface area contributed by atoms with Crippen molar-refractivity contribution in [3.8, 4) is 0 Å². The molecular weight excluding hydrogens is 262 g/mol. The SMILES string of the molecule is CC(C)(C(=O)N[C@@H]1CC[C@H](C(=O)O)C1)c1cccs1. The quantitative estimate of drug-likeness (QED) is 0.890. The molecule has 1 aliphatic carbocycles. The molecule has 0 aromatic carbocycles. The van der Waals surface area contributed by atoms with Crippen molar-refractivity contribution in [1.29, 1.82) is 0 Å². The van der Waals surface area contributed by atoms with Crippen LogP contribution in [-0.2, 0) is 15.0 Å². The Morgan fingerprint density at radius 1 is 1.42 bits per heavy atom. The number of aliphatic carboxylic acids is 1. The minimum Gasteiger partial charge on any atom is -0.481 e. The molecule has 1 aliphatic rings. The topological polar surface area (TPSA) is 66.4 Å². The minimum absolute atomic E-state index is 0.00663. The van der Waals surface area contributed by atoms with Crippen LogP contribution in [0.15, 0.2) is 17.5 Å². The maximum absolute atomic E-state index is 12.3. The lowest BCUT2D eigenvalue weighted by Gasteiger charge is -2.24. The number of carbonyl (C=O) groups excluding carboxylic acids is 1. The molecule has 0 spiro atoms. The van der Waals surface area contributed by atoms with E-state index >= 15 is 0 Å². The van der Waals surface area contributed by atoms with Crippen LogP contribution in [0.3, 0.4) is 0 Å². The highest BCUT2D eigenvalue weighted by Gasteiger charge is 2.35. The van der Waals surface area contributed by atoms with Crippen molar-refractivity contribution in [3.63, 3.8) is 0 Å². The number of carbonyl (C=O) groups is 2. The van der Waals surface area contributed by atoms with E-state index in [1.54, 1.807) is 11.3 Å². The third-order valence-corrected chi connectivity index (χ3v) is 5.02. The summed E-state index contributed by atoms with van der Waals surface area (Å²) in [5.41, 5.74) is -0.560. The largest absolute Gasteiger partial charge is 0.481 e. The Morgan fingerprint density at radius 2 is 2.16 bits per heavy atom. The average molecular weight is 281 g/mol. The number of hydrogen-bond acceptors (Lipinski definition) is 3. The van der Waals surface area contributed by atoms with E-state index in [1.807, 2.05) is 31.4 Å². The molecule has 1 fully saturated rings. The van der Waals surface area contributed by atoms with E-state index in [4.69, 9.17) is 5.11 Å². The van der Waals surface area contributed by atoms with Crippen LogP contribution in [0.4, 0.5) is 0 Å². The first-order chi connectivity index (χ1) is 8.91. The normalized spacial score (nSPS) is 23.3. The van der Waals surface area contributed by atoms with E-state index < -0.39 is 11.4 Å². The number of amides is 1. The second-order valence-electron chi connectivity index (χ2n) is 5.62. The smallest absolute Gasteiger partial charge is 0.306 e. The van der Waals surface area contributed by atoms with Crippen molar-refractivity contribution in [2.45, 2.75) is 44.6 Å². The lowest BCUT2D eigenvalue weighted by molar-refractivity contribution is -0.141. The van der Waals surface area contributed by atoms with E-state index in [2.05, 4.69) is 5.32 Å². The van der Waals surface area contributed by atoms with Gasteiger partial charge < -0.3 is 10.4 Å². The lowest BCUT2D eigenvalue weighted by atomic mass is 9.90. The highest BCUT2D eigenvalue weighted by atomic mass is 32.1. The zero-order chi connectivity index (χ0) is 14.0. The molecule has 19 heavy (non-hydrogen) atoms. The van der Waals surface area contributed by atoms with Crippen molar-refractivity contribution < 1.29 is 14.7 Å². The van der Waals surface area contributed by atoms with Crippen molar-refractivity contribution in [2.24, 2.45) is 5.92 Å². The number of nitrogens with one attached hydrogen (secondary N) is 1. The van der Waals surface area contributed by atoms with E-state index in [0.29, 0.717) is 12.8 Å². The third kappa shape index (κ3) is 2.97. The molecule has 0 radical (unpaired) electrons. The van der Waals surface area contributed by atoms with Crippen LogP contribution in [0, 0.1) is 5.92 Å². The van der Waals surface area contributed by atoms with Gasteiger partial charge in [0.15, 0.2) is 0 Å². The minimum atomic E-state index is -0.755. The molecule has 104 valence electrons. The van der Waals surface area contributed by atoms with Crippen LogP contribution in [0.2, 0.25) is 0 Å². The van der Waals surface area contributed by atoms with Gasteiger partial charge in [-0.05, 0) is 44.6 Å². The Balaban J connectivity index is 1.97. The molecule has 1 aromatic rings. The number of rotatable bonds is 4. The summed E-state index contributed by atoms with van der Waals surface area (Å²) in [5, 5.41) is 13.9. The summed E-state index contributed by atoms with van der Waals surface area (Å²) in [7, 11) is 0. The molecule has 1 aromatic heterocycles. The van der Waals surface area contributed by atoms with Gasteiger partial charge in [-0.1, -0.05) is 6.07 Å². The van der Waals surface area contributed by atoms with Crippen LogP contribution < -0.4 is 5.32 Å². The standard InChI is InChI=1S/C14H19NO3S/c1-14(2,11-4-3-7-19-11)13(18)15-10-6-5-9(8-10)12(16)17/h3-4,7,9-10H,5-6,8H2,1-2H3,(H,15,18)(H,16,17)/t9-,10+/m0/s1. The van der Waals surface area contributed by atoms with Gasteiger partial charge in [0.1, 0.15) is 0 Å². The fraction of sp³-hybridized carbons (Fsp3) is 0.571. The molecule has 5 heteroatoms. The predicted molar refractivity (Wildman–Crippen MR) is 74.3 cm³/mol. The highest BCUT2D eigenvalue weighted by molar-refractivity contribution is 7.10. The van der Waals surface area contributed by atoms with Crippen LogP contribution in [0.5, 0.6) is 0 Å². The first kappa shape index (κ1) is 14.1. The predicted octanol–water partition coefficient (Wildman–Crippen LogP) is 2.40. The van der Waals surface area contributed by atoms with Gasteiger partial charge in [-0.2, -0.15) is 0 Å². The van der Waals surface area contributed by atoms with E-state index in [-0.39, 0.29) is 17.9 Å². The molecule has 0 bridgehead atoms. The Labute approximate surface area is 116 Å². The molecule has 2 rings (SSSR count). The summed E-state index contributed by atoms with van der Waals surface area (Å²) in [4.78, 5) is 24.3. The monoisotopic (exact) mass is 281 g/mol. The summed E-state index contributed by atoms with van der Waals surface area (Å²) < 4.78 is 0. The van der Waals surface area contributed by atoms with Crippen LogP contribution >= 0.6 is 11.3 Å². The van der Waals surface area contributed by atoms with Crippen molar-refractivity contribution in [1.82, 2.24) is 5.32 Å². The maximum Gasteiger partial charge on any atom is 0.306 e. The number of carboxylic acids is 1. The van der Waals surface area contributed by atoms with Gasteiger partial charge in [0.05, 0.1) is 11.3 Å². The number of carboxylic acid groups (broad SMARTS) is 1. The summed E-state index contributed by atoms with van der Waals surface area (Å²) >= 11 is 1.57. The number of thiophene rings is 1. The van der Waals surface area contributed by atoms with Gasteiger partial charge in [0.25, 0.3) is 0 Å². The van der Waals surface area contributed by atoms with Gasteiger partial charge in [-0.15, -0.1) is 11.3 Å². The van der Waals surface area contributed by atoms with E-state index in [1.165, 1.54) is 0 Å². The molecule has 0 unspecified atom stereocenters. The molecule has 0 aliphatic heterocycles. The molecule has 4 nitrogen and oxygen atoms in total. The molecule has 1 saturated carbocycles. The highest BCUT2D eigenvalue weighted by Crippen LogP contribution is 2.30. The van der Waals surface area contributed by atoms with Crippen LogP contribution in [-0.4, -0.2) is 23.0 Å². The van der Waals surface area contributed by atoms with Crippen LogP contribution in [0.25, 0.3) is 0 Å². The number of hydrogen-bond donors (Lipinski definition) is 2. The van der Waals surface area contributed by atoms with Gasteiger partial charge in [-0.3, -0.25) is 9.59 Å². The van der Waals surface area contributed by atoms with Gasteiger partial charge >= 0.3 is 5.97 Å². The molecule has 2 atom stereocenters. The lowest BCUT2D eigenvalue weighted by Crippen LogP contribution is -2.44. The first-order valence-electron chi connectivity index (χ1n) is 6.49. The van der Waals surface area contributed by atoms with Crippen LogP contribution in [0.1, 0.15) is 38.0 Å². The summed E-state index contributed by atoms with van der Waals surface area (Å²) in [6.45, 7) is 3.80. The zero-order valence-electron chi connectivity index (χ0n) is 11.2. The van der Waals surface area contributed by atoms with Gasteiger partial charge in [0.2, 0.25) is 5.91 Å². The molecular formula is C14H19NO3S. The Kier molecular flexibility index (Phi) is 3.94. The van der Waals surface area contributed by atoms with Crippen molar-refractivity contribution >= 4 is 23.2 Å².